The highest BCUT2D eigenvalue weighted by Gasteiger charge is 2.26. The molecule has 0 unspecified atom stereocenters. The fourth-order valence-corrected chi connectivity index (χ4v) is 1.49. The first-order valence-corrected chi connectivity index (χ1v) is 5.37. The van der Waals surface area contributed by atoms with Crippen molar-refractivity contribution in [1.29, 1.82) is 0 Å². The van der Waals surface area contributed by atoms with E-state index >= 15 is 0 Å². The van der Waals surface area contributed by atoms with Gasteiger partial charge < -0.3 is 9.47 Å². The van der Waals surface area contributed by atoms with Gasteiger partial charge in [-0.2, -0.15) is 8.78 Å². The highest BCUT2D eigenvalue weighted by atomic mass is 19.3. The summed E-state index contributed by atoms with van der Waals surface area (Å²) < 4.78 is 35.6. The molecular formula is C12H14F2O2. The second-order valence-corrected chi connectivity index (χ2v) is 4.03. The summed E-state index contributed by atoms with van der Waals surface area (Å²) in [5.41, 5.74) is 0. The summed E-state index contributed by atoms with van der Waals surface area (Å²) >= 11 is 0. The first-order valence-electron chi connectivity index (χ1n) is 5.37. The standard InChI is InChI=1S/C12H14F2O2/c1-12(13,14)16-11-8-3-2-7-10(11)15-9-5-4-6-9/h2-3,7-9H,4-6H2,1H3. The van der Waals surface area contributed by atoms with Crippen LogP contribution < -0.4 is 9.47 Å². The van der Waals surface area contributed by atoms with Crippen LogP contribution in [0.4, 0.5) is 8.78 Å². The number of alkyl halides is 2. The molecule has 0 atom stereocenters. The Hall–Kier alpha value is -1.32. The quantitative estimate of drug-likeness (QED) is 0.783. The Balaban J connectivity index is 2.09. The first kappa shape index (κ1) is 11.2. The van der Waals surface area contributed by atoms with Crippen LogP contribution in [0.3, 0.4) is 0 Å². The molecule has 0 heterocycles. The molecule has 1 aromatic carbocycles. The van der Waals surface area contributed by atoms with Crippen LogP contribution in [0, 0.1) is 0 Å². The largest absolute Gasteiger partial charge is 0.487 e. The molecule has 0 aliphatic heterocycles. The van der Waals surface area contributed by atoms with Crippen molar-refractivity contribution in [3.8, 4) is 11.5 Å². The van der Waals surface area contributed by atoms with Gasteiger partial charge in [-0.1, -0.05) is 12.1 Å². The second kappa shape index (κ2) is 4.28. The topological polar surface area (TPSA) is 18.5 Å². The van der Waals surface area contributed by atoms with Gasteiger partial charge in [0.15, 0.2) is 11.5 Å². The zero-order valence-corrected chi connectivity index (χ0v) is 9.08. The van der Waals surface area contributed by atoms with E-state index in [-0.39, 0.29) is 11.9 Å². The van der Waals surface area contributed by atoms with Crippen molar-refractivity contribution in [3.63, 3.8) is 0 Å². The van der Waals surface area contributed by atoms with Crippen molar-refractivity contribution in [1.82, 2.24) is 0 Å². The Labute approximate surface area is 93.2 Å². The van der Waals surface area contributed by atoms with Crippen molar-refractivity contribution in [2.75, 3.05) is 0 Å². The molecule has 88 valence electrons. The van der Waals surface area contributed by atoms with Gasteiger partial charge in [0.2, 0.25) is 0 Å². The molecule has 0 spiro atoms. The van der Waals surface area contributed by atoms with Gasteiger partial charge in [-0.15, -0.1) is 0 Å². The molecule has 2 rings (SSSR count). The van der Waals surface area contributed by atoms with E-state index in [2.05, 4.69) is 4.74 Å². The predicted molar refractivity (Wildman–Crippen MR) is 56.0 cm³/mol. The summed E-state index contributed by atoms with van der Waals surface area (Å²) in [4.78, 5) is 0. The molecule has 0 saturated heterocycles. The van der Waals surface area contributed by atoms with Crippen LogP contribution in [0.25, 0.3) is 0 Å². The van der Waals surface area contributed by atoms with Crippen LogP contribution in [-0.2, 0) is 0 Å². The number of hydrogen-bond acceptors (Lipinski definition) is 2. The maximum atomic E-state index is 12.7. The zero-order chi connectivity index (χ0) is 11.6. The SMILES string of the molecule is CC(F)(F)Oc1ccccc1OC1CCC1. The number of halogens is 2. The minimum Gasteiger partial charge on any atom is -0.487 e. The Morgan fingerprint density at radius 2 is 1.81 bits per heavy atom. The zero-order valence-electron chi connectivity index (χ0n) is 9.08. The van der Waals surface area contributed by atoms with E-state index < -0.39 is 6.11 Å². The average molecular weight is 228 g/mol. The van der Waals surface area contributed by atoms with Gasteiger partial charge in [0.1, 0.15) is 0 Å². The molecule has 4 heteroatoms. The molecule has 0 aromatic heterocycles. The molecule has 1 saturated carbocycles. The smallest absolute Gasteiger partial charge is 0.395 e. The fourth-order valence-electron chi connectivity index (χ4n) is 1.49. The number of hydrogen-bond donors (Lipinski definition) is 0. The highest BCUT2D eigenvalue weighted by molar-refractivity contribution is 5.39. The van der Waals surface area contributed by atoms with Gasteiger partial charge in [-0.3, -0.25) is 0 Å². The number of ether oxygens (including phenoxy) is 2. The Morgan fingerprint density at radius 3 is 2.31 bits per heavy atom. The third-order valence-electron chi connectivity index (χ3n) is 2.48. The number of rotatable bonds is 4. The van der Waals surface area contributed by atoms with Crippen LogP contribution in [0.2, 0.25) is 0 Å². The molecule has 0 bridgehead atoms. The Morgan fingerprint density at radius 1 is 1.19 bits per heavy atom. The second-order valence-electron chi connectivity index (χ2n) is 4.03. The van der Waals surface area contributed by atoms with Crippen LogP contribution in [0.1, 0.15) is 26.2 Å². The third-order valence-corrected chi connectivity index (χ3v) is 2.48. The summed E-state index contributed by atoms with van der Waals surface area (Å²) in [5, 5.41) is 0. The summed E-state index contributed by atoms with van der Waals surface area (Å²) in [6.07, 6.45) is 0.0694. The lowest BCUT2D eigenvalue weighted by molar-refractivity contribution is -0.160. The lowest BCUT2D eigenvalue weighted by atomic mass is 9.96. The normalized spacial score (nSPS) is 16.7. The summed E-state index contributed by atoms with van der Waals surface area (Å²) in [6, 6.07) is 6.54. The molecule has 1 fully saturated rings. The maximum Gasteiger partial charge on any atom is 0.395 e. The molecule has 2 nitrogen and oxygen atoms in total. The monoisotopic (exact) mass is 228 g/mol. The first-order chi connectivity index (χ1) is 7.54. The lowest BCUT2D eigenvalue weighted by Crippen LogP contribution is -2.25. The number of para-hydroxylation sites is 2. The molecule has 0 N–H and O–H groups in total. The number of benzene rings is 1. The minimum absolute atomic E-state index is 0.0990. The van der Waals surface area contributed by atoms with Crippen molar-refractivity contribution >= 4 is 0 Å². The van der Waals surface area contributed by atoms with E-state index in [1.807, 2.05) is 0 Å². The van der Waals surface area contributed by atoms with Crippen molar-refractivity contribution < 1.29 is 18.3 Å². The van der Waals surface area contributed by atoms with E-state index in [9.17, 15) is 8.78 Å². The molecule has 16 heavy (non-hydrogen) atoms. The predicted octanol–water partition coefficient (Wildman–Crippen LogP) is 3.61. The van der Waals surface area contributed by atoms with E-state index in [0.717, 1.165) is 19.3 Å². The molecule has 1 aliphatic rings. The Bertz CT molecular complexity index is 356. The van der Waals surface area contributed by atoms with Gasteiger partial charge in [-0.05, 0) is 31.4 Å². The van der Waals surface area contributed by atoms with Gasteiger partial charge in [0.05, 0.1) is 6.10 Å². The highest BCUT2D eigenvalue weighted by Crippen LogP contribution is 2.34. The third kappa shape index (κ3) is 2.84. The lowest BCUT2D eigenvalue weighted by Gasteiger charge is -2.27. The fraction of sp³-hybridized carbons (Fsp3) is 0.500. The molecule has 1 aliphatic carbocycles. The molecule has 1 aromatic rings. The van der Waals surface area contributed by atoms with E-state index in [1.165, 1.54) is 6.07 Å². The molecular weight excluding hydrogens is 214 g/mol. The van der Waals surface area contributed by atoms with Gasteiger partial charge in [0, 0.05) is 6.92 Å². The summed E-state index contributed by atoms with van der Waals surface area (Å²) in [5.74, 6) is 0.496. The van der Waals surface area contributed by atoms with Crippen molar-refractivity contribution in [2.45, 2.75) is 38.4 Å². The van der Waals surface area contributed by atoms with Crippen LogP contribution in [0.5, 0.6) is 11.5 Å². The summed E-state index contributed by atoms with van der Waals surface area (Å²) in [6.45, 7) is 0.715. The van der Waals surface area contributed by atoms with Crippen LogP contribution in [-0.4, -0.2) is 12.2 Å². The molecule has 0 amide bonds. The van der Waals surface area contributed by atoms with Crippen LogP contribution in [0.15, 0.2) is 24.3 Å². The van der Waals surface area contributed by atoms with Crippen LogP contribution >= 0.6 is 0 Å². The Kier molecular flexibility index (Phi) is 2.99. The van der Waals surface area contributed by atoms with Gasteiger partial charge in [-0.25, -0.2) is 0 Å². The maximum absolute atomic E-state index is 12.7. The van der Waals surface area contributed by atoms with Gasteiger partial charge >= 0.3 is 6.11 Å². The van der Waals surface area contributed by atoms with E-state index in [1.54, 1.807) is 18.2 Å². The summed E-state index contributed by atoms with van der Waals surface area (Å²) in [7, 11) is 0. The van der Waals surface area contributed by atoms with Crippen molar-refractivity contribution in [3.05, 3.63) is 24.3 Å². The van der Waals surface area contributed by atoms with Crippen molar-refractivity contribution in [2.24, 2.45) is 0 Å². The average Bonchev–Trinajstić information content (AvgIpc) is 2.11. The minimum atomic E-state index is -3.18. The molecule has 0 radical (unpaired) electrons. The van der Waals surface area contributed by atoms with E-state index in [4.69, 9.17) is 4.74 Å². The van der Waals surface area contributed by atoms with E-state index in [0.29, 0.717) is 12.7 Å². The van der Waals surface area contributed by atoms with Gasteiger partial charge in [0.25, 0.3) is 0 Å².